The van der Waals surface area contributed by atoms with Gasteiger partial charge in [-0.2, -0.15) is 0 Å². The van der Waals surface area contributed by atoms with Crippen molar-refractivity contribution in [2.75, 3.05) is 18.2 Å². The highest BCUT2D eigenvalue weighted by Crippen LogP contribution is 2.24. The maximum absolute atomic E-state index is 12.1. The Kier molecular flexibility index (Phi) is 4.24. The summed E-state index contributed by atoms with van der Waals surface area (Å²) in [5.41, 5.74) is 7.67. The Morgan fingerprint density at radius 2 is 2.20 bits per heavy atom. The Morgan fingerprint density at radius 1 is 1.45 bits per heavy atom. The second-order valence-electron chi connectivity index (χ2n) is 4.64. The number of nitrogens with one attached hydrogen (secondary N) is 1. The van der Waals surface area contributed by atoms with Crippen molar-refractivity contribution in [2.45, 2.75) is 19.8 Å². The number of carbonyl (C=O) groups is 1. The molecule has 0 spiro atoms. The number of anilines is 2. The molecule has 1 heterocycles. The molecule has 0 aliphatic rings. The lowest BCUT2D eigenvalue weighted by Crippen LogP contribution is -2.12. The molecule has 0 radical (unpaired) electrons. The Balaban J connectivity index is 2.13. The molecule has 2 rings (SSSR count). The molecular formula is C14H17N3O2S. The summed E-state index contributed by atoms with van der Waals surface area (Å²) in [5.74, 6) is 0.662. The van der Waals surface area contributed by atoms with E-state index in [0.29, 0.717) is 28.0 Å². The van der Waals surface area contributed by atoms with Gasteiger partial charge in [0.15, 0.2) is 5.13 Å². The number of carbonyl (C=O) groups excluding carboxylic acids is 1. The molecule has 106 valence electrons. The quantitative estimate of drug-likeness (QED) is 0.848. The molecule has 0 aliphatic carbocycles. The summed E-state index contributed by atoms with van der Waals surface area (Å²) in [6.45, 7) is 4.12. The molecule has 0 bridgehead atoms. The van der Waals surface area contributed by atoms with Crippen LogP contribution in [0.3, 0.4) is 0 Å². The van der Waals surface area contributed by atoms with E-state index in [-0.39, 0.29) is 5.91 Å². The van der Waals surface area contributed by atoms with Crippen molar-refractivity contribution in [3.8, 4) is 5.75 Å². The molecule has 0 atom stereocenters. The standard InChI is InChI=1S/C14H17N3O2S/c1-8(2)11-7-20-14(16-11)17-13(18)9-4-5-12(19-3)10(15)6-9/h4-8H,15H2,1-3H3,(H,16,17,18). The predicted molar refractivity (Wildman–Crippen MR) is 81.6 cm³/mol. The van der Waals surface area contributed by atoms with E-state index in [1.54, 1.807) is 18.2 Å². The molecule has 1 amide bonds. The van der Waals surface area contributed by atoms with Crippen LogP contribution in [0.4, 0.5) is 10.8 Å². The van der Waals surface area contributed by atoms with Crippen LogP contribution in [0.1, 0.15) is 35.8 Å². The fourth-order valence-corrected chi connectivity index (χ4v) is 2.52. The Bertz CT molecular complexity index is 623. The second kappa shape index (κ2) is 5.92. The molecule has 0 saturated heterocycles. The first kappa shape index (κ1) is 14.3. The van der Waals surface area contributed by atoms with E-state index >= 15 is 0 Å². The minimum absolute atomic E-state index is 0.232. The van der Waals surface area contributed by atoms with Crippen LogP contribution < -0.4 is 15.8 Å². The van der Waals surface area contributed by atoms with Crippen LogP contribution in [0.15, 0.2) is 23.6 Å². The van der Waals surface area contributed by atoms with E-state index in [0.717, 1.165) is 5.69 Å². The van der Waals surface area contributed by atoms with Crippen molar-refractivity contribution in [3.63, 3.8) is 0 Å². The van der Waals surface area contributed by atoms with Crippen molar-refractivity contribution in [3.05, 3.63) is 34.8 Å². The molecule has 1 aromatic carbocycles. The molecule has 0 unspecified atom stereocenters. The van der Waals surface area contributed by atoms with E-state index in [1.807, 2.05) is 5.38 Å². The van der Waals surface area contributed by atoms with E-state index in [1.165, 1.54) is 18.4 Å². The Labute approximate surface area is 121 Å². The largest absolute Gasteiger partial charge is 0.495 e. The number of amides is 1. The number of rotatable bonds is 4. The molecular weight excluding hydrogens is 274 g/mol. The van der Waals surface area contributed by atoms with E-state index in [4.69, 9.17) is 10.5 Å². The highest BCUT2D eigenvalue weighted by molar-refractivity contribution is 7.14. The SMILES string of the molecule is COc1ccc(C(=O)Nc2nc(C(C)C)cs2)cc1N. The molecule has 1 aromatic heterocycles. The first-order valence-corrected chi connectivity index (χ1v) is 7.09. The highest BCUT2D eigenvalue weighted by Gasteiger charge is 2.12. The molecule has 0 saturated carbocycles. The normalized spacial score (nSPS) is 10.6. The zero-order chi connectivity index (χ0) is 14.7. The summed E-state index contributed by atoms with van der Waals surface area (Å²) in [6, 6.07) is 4.93. The van der Waals surface area contributed by atoms with Gasteiger partial charge >= 0.3 is 0 Å². The van der Waals surface area contributed by atoms with Gasteiger partial charge in [0.05, 0.1) is 18.5 Å². The van der Waals surface area contributed by atoms with Crippen molar-refractivity contribution < 1.29 is 9.53 Å². The monoisotopic (exact) mass is 291 g/mol. The fraction of sp³-hybridized carbons (Fsp3) is 0.286. The number of methoxy groups -OCH3 is 1. The first-order valence-electron chi connectivity index (χ1n) is 6.21. The number of benzene rings is 1. The van der Waals surface area contributed by atoms with Crippen LogP contribution in [0.5, 0.6) is 5.75 Å². The average molecular weight is 291 g/mol. The summed E-state index contributed by atoms with van der Waals surface area (Å²) >= 11 is 1.41. The lowest BCUT2D eigenvalue weighted by molar-refractivity contribution is 0.102. The smallest absolute Gasteiger partial charge is 0.257 e. The topological polar surface area (TPSA) is 77.2 Å². The number of aromatic nitrogens is 1. The summed E-state index contributed by atoms with van der Waals surface area (Å²) in [6.07, 6.45) is 0. The van der Waals surface area contributed by atoms with Gasteiger partial charge in [-0.1, -0.05) is 13.8 Å². The number of hydrogen-bond acceptors (Lipinski definition) is 5. The molecule has 3 N–H and O–H groups in total. The first-order chi connectivity index (χ1) is 9.51. The van der Waals surface area contributed by atoms with Gasteiger partial charge < -0.3 is 10.5 Å². The minimum atomic E-state index is -0.232. The molecule has 20 heavy (non-hydrogen) atoms. The highest BCUT2D eigenvalue weighted by atomic mass is 32.1. The van der Waals surface area contributed by atoms with Crippen LogP contribution in [0.25, 0.3) is 0 Å². The van der Waals surface area contributed by atoms with Gasteiger partial charge in [0.25, 0.3) is 5.91 Å². The number of nitrogens with zero attached hydrogens (tertiary/aromatic N) is 1. The van der Waals surface area contributed by atoms with Crippen LogP contribution in [-0.4, -0.2) is 18.0 Å². The van der Waals surface area contributed by atoms with Crippen molar-refractivity contribution in [2.24, 2.45) is 0 Å². The van der Waals surface area contributed by atoms with Gasteiger partial charge in [0.1, 0.15) is 5.75 Å². The van der Waals surface area contributed by atoms with E-state index in [2.05, 4.69) is 24.1 Å². The summed E-state index contributed by atoms with van der Waals surface area (Å²) < 4.78 is 5.06. The Morgan fingerprint density at radius 3 is 2.75 bits per heavy atom. The van der Waals surface area contributed by atoms with Crippen LogP contribution in [0, 0.1) is 0 Å². The van der Waals surface area contributed by atoms with Crippen molar-refractivity contribution in [1.82, 2.24) is 4.98 Å². The summed E-state index contributed by atoms with van der Waals surface area (Å²) in [4.78, 5) is 16.5. The summed E-state index contributed by atoms with van der Waals surface area (Å²) in [5, 5.41) is 5.31. The third-order valence-electron chi connectivity index (χ3n) is 2.83. The number of nitrogen functional groups attached to an aromatic ring is 1. The molecule has 6 heteroatoms. The predicted octanol–water partition coefficient (Wildman–Crippen LogP) is 3.11. The Hall–Kier alpha value is -2.08. The third-order valence-corrected chi connectivity index (χ3v) is 3.60. The average Bonchev–Trinajstić information content (AvgIpc) is 2.87. The molecule has 0 aliphatic heterocycles. The zero-order valence-electron chi connectivity index (χ0n) is 11.6. The summed E-state index contributed by atoms with van der Waals surface area (Å²) in [7, 11) is 1.54. The van der Waals surface area contributed by atoms with Crippen LogP contribution in [0.2, 0.25) is 0 Å². The third kappa shape index (κ3) is 3.08. The fourth-order valence-electron chi connectivity index (χ4n) is 1.65. The number of nitrogens with two attached hydrogens (primary N) is 1. The maximum atomic E-state index is 12.1. The lowest BCUT2D eigenvalue weighted by atomic mass is 10.2. The lowest BCUT2D eigenvalue weighted by Gasteiger charge is -2.06. The number of thiazole rings is 1. The zero-order valence-corrected chi connectivity index (χ0v) is 12.5. The van der Waals surface area contributed by atoms with Gasteiger partial charge in [-0.3, -0.25) is 10.1 Å². The van der Waals surface area contributed by atoms with Gasteiger partial charge in [0.2, 0.25) is 0 Å². The van der Waals surface area contributed by atoms with Gasteiger partial charge in [-0.25, -0.2) is 4.98 Å². The van der Waals surface area contributed by atoms with Crippen molar-refractivity contribution >= 4 is 28.1 Å². The number of ether oxygens (including phenoxy) is 1. The van der Waals surface area contributed by atoms with Crippen LogP contribution >= 0.6 is 11.3 Å². The van der Waals surface area contributed by atoms with E-state index < -0.39 is 0 Å². The molecule has 0 fully saturated rings. The second-order valence-corrected chi connectivity index (χ2v) is 5.50. The van der Waals surface area contributed by atoms with Crippen LogP contribution in [-0.2, 0) is 0 Å². The maximum Gasteiger partial charge on any atom is 0.257 e. The molecule has 5 nitrogen and oxygen atoms in total. The number of hydrogen-bond donors (Lipinski definition) is 2. The van der Waals surface area contributed by atoms with Gasteiger partial charge in [-0.15, -0.1) is 11.3 Å². The van der Waals surface area contributed by atoms with Gasteiger partial charge in [-0.05, 0) is 24.1 Å². The molecule has 2 aromatic rings. The van der Waals surface area contributed by atoms with Crippen molar-refractivity contribution in [1.29, 1.82) is 0 Å². The van der Waals surface area contributed by atoms with E-state index in [9.17, 15) is 4.79 Å². The minimum Gasteiger partial charge on any atom is -0.495 e. The van der Waals surface area contributed by atoms with Gasteiger partial charge in [0, 0.05) is 10.9 Å².